The first kappa shape index (κ1) is 17.8. The first-order valence-electron chi connectivity index (χ1n) is 7.41. The van der Waals surface area contributed by atoms with Crippen LogP contribution in [0.4, 0.5) is 0 Å². The average molecular weight is 261 g/mol. The van der Waals surface area contributed by atoms with Gasteiger partial charge < -0.3 is 5.32 Å². The lowest BCUT2D eigenvalue weighted by molar-refractivity contribution is 0.465. The molecule has 0 rings (SSSR count). The van der Waals surface area contributed by atoms with Gasteiger partial charge in [0.25, 0.3) is 0 Å². The minimum absolute atomic E-state index is 0.787. The Hall–Kier alpha value is -1.24. The normalized spacial score (nSPS) is 12.2. The van der Waals surface area contributed by atoms with Crippen LogP contribution in [0.5, 0.6) is 0 Å². The molecule has 0 radical (unpaired) electrons. The van der Waals surface area contributed by atoms with Gasteiger partial charge in [0.05, 0.1) is 0 Å². The number of hydrogen-bond donors (Lipinski definition) is 1. The number of hydrogen-bond acceptors (Lipinski definition) is 1. The first-order chi connectivity index (χ1) is 8.97. The lowest BCUT2D eigenvalue weighted by Gasteiger charge is -2.13. The molecule has 1 nitrogen and oxygen atoms in total. The zero-order chi connectivity index (χ0) is 14.7. The van der Waals surface area contributed by atoms with Crippen LogP contribution in [-0.2, 0) is 0 Å². The third kappa shape index (κ3) is 10.4. The van der Waals surface area contributed by atoms with E-state index in [0.29, 0.717) is 0 Å². The van der Waals surface area contributed by atoms with Gasteiger partial charge in [-0.1, -0.05) is 70.1 Å². The molecule has 0 bridgehead atoms. The Morgan fingerprint density at radius 1 is 1.21 bits per heavy atom. The van der Waals surface area contributed by atoms with Crippen molar-refractivity contribution in [3.8, 4) is 0 Å². The molecule has 0 aliphatic rings. The molecule has 1 heteroatoms. The molecule has 0 aromatic rings. The molecule has 0 aromatic heterocycles. The largest absolute Gasteiger partial charge is 0.385 e. The Kier molecular flexibility index (Phi) is 9.97. The molecule has 1 unspecified atom stereocenters. The number of unbranched alkanes of at least 4 members (excludes halogenated alkanes) is 1. The molecule has 1 N–H and O–H groups in total. The summed E-state index contributed by atoms with van der Waals surface area (Å²) in [5.74, 6) is 0.787. The van der Waals surface area contributed by atoms with Crippen LogP contribution in [0.15, 0.2) is 48.2 Å². The average Bonchev–Trinajstić information content (AvgIpc) is 2.35. The molecule has 1 atom stereocenters. The van der Waals surface area contributed by atoms with Crippen molar-refractivity contribution < 1.29 is 0 Å². The Balaban J connectivity index is 3.88. The Labute approximate surface area is 120 Å². The Morgan fingerprint density at radius 3 is 2.47 bits per heavy atom. The summed E-state index contributed by atoms with van der Waals surface area (Å²) in [6, 6.07) is 0. The molecule has 0 fully saturated rings. The maximum absolute atomic E-state index is 4.03. The molecule has 0 amide bonds. The van der Waals surface area contributed by atoms with E-state index in [1.54, 1.807) is 0 Å². The number of nitrogens with one attached hydrogen (secondary N) is 1. The highest BCUT2D eigenvalue weighted by Crippen LogP contribution is 2.11. The fourth-order valence-electron chi connectivity index (χ4n) is 1.74. The summed E-state index contributed by atoms with van der Waals surface area (Å²) in [4.78, 5) is 0. The zero-order valence-electron chi connectivity index (χ0n) is 13.3. The van der Waals surface area contributed by atoms with Crippen LogP contribution < -0.4 is 5.32 Å². The van der Waals surface area contributed by atoms with Crippen molar-refractivity contribution in [2.24, 2.45) is 5.92 Å². The van der Waals surface area contributed by atoms with Crippen molar-refractivity contribution in [1.82, 2.24) is 5.32 Å². The van der Waals surface area contributed by atoms with Gasteiger partial charge in [0.1, 0.15) is 0 Å². The fourth-order valence-corrected chi connectivity index (χ4v) is 1.74. The molecule has 108 valence electrons. The molecule has 0 spiro atoms. The fraction of sp³-hybridized carbons (Fsp3) is 0.556. The van der Waals surface area contributed by atoms with E-state index in [0.717, 1.165) is 23.7 Å². The number of rotatable bonds is 10. The summed E-state index contributed by atoms with van der Waals surface area (Å²) >= 11 is 0. The van der Waals surface area contributed by atoms with Gasteiger partial charge in [0.2, 0.25) is 0 Å². The second-order valence-corrected chi connectivity index (χ2v) is 5.57. The Morgan fingerprint density at radius 2 is 1.89 bits per heavy atom. The molecular weight excluding hydrogens is 230 g/mol. The smallest absolute Gasteiger partial charge is 0.0334 e. The Bertz CT molecular complexity index is 330. The highest BCUT2D eigenvalue weighted by atomic mass is 14.9. The van der Waals surface area contributed by atoms with Gasteiger partial charge in [-0.3, -0.25) is 0 Å². The predicted molar refractivity (Wildman–Crippen MR) is 88.2 cm³/mol. The standard InChI is InChI=1S/C18H31N/c1-7-8-11-16(4)13-14-19-18(6)17(5)12-9-10-15(2)3/h9-10,12,16,19H,5-8,11,13-14H2,1-4H3/b12-9-. The molecule has 0 saturated carbocycles. The summed E-state index contributed by atoms with van der Waals surface area (Å²) in [6.07, 6.45) is 11.2. The van der Waals surface area contributed by atoms with Gasteiger partial charge in [0, 0.05) is 12.2 Å². The highest BCUT2D eigenvalue weighted by Gasteiger charge is 2.02. The van der Waals surface area contributed by atoms with E-state index in [9.17, 15) is 0 Å². The zero-order valence-corrected chi connectivity index (χ0v) is 13.3. The van der Waals surface area contributed by atoms with E-state index in [4.69, 9.17) is 0 Å². The van der Waals surface area contributed by atoms with E-state index in [1.165, 1.54) is 31.3 Å². The monoisotopic (exact) mass is 261 g/mol. The lowest BCUT2D eigenvalue weighted by atomic mass is 10.0. The van der Waals surface area contributed by atoms with Gasteiger partial charge in [0.15, 0.2) is 0 Å². The summed E-state index contributed by atoms with van der Waals surface area (Å²) in [6.45, 7) is 17.8. The minimum Gasteiger partial charge on any atom is -0.385 e. The van der Waals surface area contributed by atoms with E-state index in [1.807, 2.05) is 12.2 Å². The van der Waals surface area contributed by atoms with E-state index >= 15 is 0 Å². The van der Waals surface area contributed by atoms with Crippen LogP contribution in [0.3, 0.4) is 0 Å². The van der Waals surface area contributed by atoms with Gasteiger partial charge in [-0.2, -0.15) is 0 Å². The van der Waals surface area contributed by atoms with Crippen molar-refractivity contribution in [2.75, 3.05) is 6.54 Å². The van der Waals surface area contributed by atoms with E-state index in [2.05, 4.69) is 52.2 Å². The van der Waals surface area contributed by atoms with Crippen LogP contribution in [0.25, 0.3) is 0 Å². The third-order valence-corrected chi connectivity index (χ3v) is 3.14. The van der Waals surface area contributed by atoms with Gasteiger partial charge in [-0.25, -0.2) is 0 Å². The second kappa shape index (κ2) is 10.7. The summed E-state index contributed by atoms with van der Waals surface area (Å²) in [5, 5.41) is 3.36. The summed E-state index contributed by atoms with van der Waals surface area (Å²) < 4.78 is 0. The molecule has 0 heterocycles. The van der Waals surface area contributed by atoms with Crippen molar-refractivity contribution in [2.45, 2.75) is 53.4 Å². The summed E-state index contributed by atoms with van der Waals surface area (Å²) in [7, 11) is 0. The number of allylic oxidation sites excluding steroid dienone is 4. The van der Waals surface area contributed by atoms with E-state index < -0.39 is 0 Å². The molecule has 0 aliphatic heterocycles. The van der Waals surface area contributed by atoms with E-state index in [-0.39, 0.29) is 0 Å². The van der Waals surface area contributed by atoms with Crippen molar-refractivity contribution >= 4 is 0 Å². The molecule has 0 aliphatic carbocycles. The SMILES string of the molecule is C=C(/C=C\C=C(C)C)C(=C)NCCC(C)CCCC. The van der Waals surface area contributed by atoms with Crippen LogP contribution in [0.2, 0.25) is 0 Å². The van der Waals surface area contributed by atoms with Crippen LogP contribution in [0, 0.1) is 5.92 Å². The van der Waals surface area contributed by atoms with Gasteiger partial charge in [-0.05, 0) is 31.8 Å². The topological polar surface area (TPSA) is 12.0 Å². The maximum atomic E-state index is 4.03. The molecule has 0 aromatic carbocycles. The van der Waals surface area contributed by atoms with Crippen LogP contribution in [-0.4, -0.2) is 6.54 Å². The quantitative estimate of drug-likeness (QED) is 0.520. The molecule has 0 saturated heterocycles. The molecule has 19 heavy (non-hydrogen) atoms. The highest BCUT2D eigenvalue weighted by molar-refractivity contribution is 5.35. The maximum Gasteiger partial charge on any atom is 0.0334 e. The predicted octanol–water partition coefficient (Wildman–Crippen LogP) is 5.38. The summed E-state index contributed by atoms with van der Waals surface area (Å²) in [5.41, 5.74) is 3.17. The lowest BCUT2D eigenvalue weighted by Crippen LogP contribution is -2.17. The van der Waals surface area contributed by atoms with Gasteiger partial charge in [-0.15, -0.1) is 0 Å². The van der Waals surface area contributed by atoms with Crippen LogP contribution in [0.1, 0.15) is 53.4 Å². The first-order valence-corrected chi connectivity index (χ1v) is 7.41. The minimum atomic E-state index is 0.787. The van der Waals surface area contributed by atoms with Crippen molar-refractivity contribution in [1.29, 1.82) is 0 Å². The van der Waals surface area contributed by atoms with Crippen molar-refractivity contribution in [3.05, 3.63) is 48.2 Å². The molecular formula is C18H31N. The van der Waals surface area contributed by atoms with Gasteiger partial charge >= 0.3 is 0 Å². The second-order valence-electron chi connectivity index (χ2n) is 5.57. The third-order valence-electron chi connectivity index (χ3n) is 3.14. The van der Waals surface area contributed by atoms with Crippen molar-refractivity contribution in [3.63, 3.8) is 0 Å². The van der Waals surface area contributed by atoms with Crippen LogP contribution >= 0.6 is 0 Å².